The third-order valence-electron chi connectivity index (χ3n) is 2.20. The zero-order valence-corrected chi connectivity index (χ0v) is 10.4. The van der Waals surface area contributed by atoms with Crippen molar-refractivity contribution in [3.63, 3.8) is 0 Å². The SMILES string of the molecule is COC(=O)/C(C)=C/CNCc1ccnc(C)n1. The van der Waals surface area contributed by atoms with Gasteiger partial charge in [-0.1, -0.05) is 6.08 Å². The van der Waals surface area contributed by atoms with Gasteiger partial charge in [0.25, 0.3) is 0 Å². The molecule has 0 unspecified atom stereocenters. The summed E-state index contributed by atoms with van der Waals surface area (Å²) in [5, 5.41) is 3.16. The molecule has 0 saturated heterocycles. The molecule has 0 aromatic carbocycles. The summed E-state index contributed by atoms with van der Waals surface area (Å²) in [6, 6.07) is 1.86. The van der Waals surface area contributed by atoms with E-state index in [1.165, 1.54) is 7.11 Å². The van der Waals surface area contributed by atoms with Crippen molar-refractivity contribution < 1.29 is 9.53 Å². The summed E-state index contributed by atoms with van der Waals surface area (Å²) >= 11 is 0. The summed E-state index contributed by atoms with van der Waals surface area (Å²) in [7, 11) is 1.37. The summed E-state index contributed by atoms with van der Waals surface area (Å²) in [4.78, 5) is 19.4. The van der Waals surface area contributed by atoms with Crippen molar-refractivity contribution in [2.75, 3.05) is 13.7 Å². The fourth-order valence-electron chi connectivity index (χ4n) is 1.27. The van der Waals surface area contributed by atoms with Gasteiger partial charge in [-0.25, -0.2) is 14.8 Å². The maximum atomic E-state index is 11.1. The van der Waals surface area contributed by atoms with Crippen LogP contribution in [0.15, 0.2) is 23.9 Å². The quantitative estimate of drug-likeness (QED) is 0.468. The van der Waals surface area contributed by atoms with Crippen LogP contribution in [-0.2, 0) is 16.1 Å². The van der Waals surface area contributed by atoms with Crippen LogP contribution in [0.2, 0.25) is 0 Å². The first kappa shape index (κ1) is 13.3. The molecule has 0 saturated carbocycles. The van der Waals surface area contributed by atoms with Crippen LogP contribution in [0.4, 0.5) is 0 Å². The van der Waals surface area contributed by atoms with Crippen LogP contribution >= 0.6 is 0 Å². The highest BCUT2D eigenvalue weighted by Gasteiger charge is 2.01. The van der Waals surface area contributed by atoms with Crippen molar-refractivity contribution in [2.45, 2.75) is 20.4 Å². The molecule has 1 N–H and O–H groups in total. The van der Waals surface area contributed by atoms with E-state index in [0.29, 0.717) is 18.7 Å². The molecule has 1 aromatic heterocycles. The highest BCUT2D eigenvalue weighted by Crippen LogP contribution is 1.96. The molecule has 0 radical (unpaired) electrons. The molecule has 0 aliphatic rings. The summed E-state index contributed by atoms with van der Waals surface area (Å²) in [5.74, 6) is 0.454. The minimum atomic E-state index is -0.301. The molecular formula is C12H17N3O2. The third kappa shape index (κ3) is 4.74. The van der Waals surface area contributed by atoms with Crippen LogP contribution in [0.5, 0.6) is 0 Å². The van der Waals surface area contributed by atoms with Gasteiger partial charge in [0, 0.05) is 24.9 Å². The monoisotopic (exact) mass is 235 g/mol. The van der Waals surface area contributed by atoms with Gasteiger partial charge in [-0.2, -0.15) is 0 Å². The van der Waals surface area contributed by atoms with Gasteiger partial charge in [0.2, 0.25) is 0 Å². The Kier molecular flexibility index (Phi) is 5.29. The number of ether oxygens (including phenoxy) is 1. The average molecular weight is 235 g/mol. The summed E-state index contributed by atoms with van der Waals surface area (Å²) < 4.78 is 4.59. The molecular weight excluding hydrogens is 218 g/mol. The van der Waals surface area contributed by atoms with Gasteiger partial charge in [0.05, 0.1) is 12.8 Å². The number of methoxy groups -OCH3 is 1. The molecule has 0 amide bonds. The van der Waals surface area contributed by atoms with E-state index in [2.05, 4.69) is 20.0 Å². The lowest BCUT2D eigenvalue weighted by Gasteiger charge is -2.03. The number of nitrogens with zero attached hydrogens (tertiary/aromatic N) is 2. The molecule has 1 rings (SSSR count). The van der Waals surface area contributed by atoms with Gasteiger partial charge in [0.15, 0.2) is 0 Å². The molecule has 92 valence electrons. The minimum Gasteiger partial charge on any atom is -0.466 e. The molecule has 1 aromatic rings. The Morgan fingerprint density at radius 2 is 2.35 bits per heavy atom. The number of nitrogens with one attached hydrogen (secondary N) is 1. The first-order valence-electron chi connectivity index (χ1n) is 5.38. The second-order valence-corrected chi connectivity index (χ2v) is 3.60. The maximum Gasteiger partial charge on any atom is 0.333 e. The number of carbonyl (C=O) groups excluding carboxylic acids is 1. The molecule has 5 heteroatoms. The molecule has 17 heavy (non-hydrogen) atoms. The Morgan fingerprint density at radius 3 is 3.00 bits per heavy atom. The normalized spacial score (nSPS) is 11.4. The topological polar surface area (TPSA) is 64.1 Å². The van der Waals surface area contributed by atoms with Crippen molar-refractivity contribution in [1.29, 1.82) is 0 Å². The first-order valence-corrected chi connectivity index (χ1v) is 5.38. The molecule has 0 fully saturated rings. The van der Waals surface area contributed by atoms with E-state index in [1.54, 1.807) is 19.2 Å². The van der Waals surface area contributed by atoms with Crippen LogP contribution in [0, 0.1) is 6.92 Å². The second kappa shape index (κ2) is 6.75. The fourth-order valence-corrected chi connectivity index (χ4v) is 1.27. The number of hydrogen-bond acceptors (Lipinski definition) is 5. The van der Waals surface area contributed by atoms with E-state index < -0.39 is 0 Å². The zero-order valence-electron chi connectivity index (χ0n) is 10.4. The molecule has 5 nitrogen and oxygen atoms in total. The van der Waals surface area contributed by atoms with Crippen LogP contribution in [-0.4, -0.2) is 29.6 Å². The molecule has 0 aliphatic heterocycles. The van der Waals surface area contributed by atoms with E-state index in [0.717, 1.165) is 11.5 Å². The van der Waals surface area contributed by atoms with E-state index in [4.69, 9.17) is 0 Å². The van der Waals surface area contributed by atoms with Crippen LogP contribution < -0.4 is 5.32 Å². The molecule has 0 aliphatic carbocycles. The molecule has 0 bridgehead atoms. The Balaban J connectivity index is 2.36. The lowest BCUT2D eigenvalue weighted by molar-refractivity contribution is -0.136. The number of carbonyl (C=O) groups is 1. The first-order chi connectivity index (χ1) is 8.13. The predicted molar refractivity (Wildman–Crippen MR) is 64.2 cm³/mol. The van der Waals surface area contributed by atoms with Gasteiger partial charge >= 0.3 is 5.97 Å². The van der Waals surface area contributed by atoms with E-state index >= 15 is 0 Å². The second-order valence-electron chi connectivity index (χ2n) is 3.60. The van der Waals surface area contributed by atoms with E-state index in [1.807, 2.05) is 13.0 Å². The van der Waals surface area contributed by atoms with Crippen molar-refractivity contribution >= 4 is 5.97 Å². The molecule has 0 spiro atoms. The van der Waals surface area contributed by atoms with Crippen molar-refractivity contribution in [3.05, 3.63) is 35.4 Å². The fraction of sp³-hybridized carbons (Fsp3) is 0.417. The van der Waals surface area contributed by atoms with Crippen molar-refractivity contribution in [2.24, 2.45) is 0 Å². The summed E-state index contributed by atoms with van der Waals surface area (Å²) in [6.45, 7) is 4.82. The number of esters is 1. The highest BCUT2D eigenvalue weighted by molar-refractivity contribution is 5.87. The zero-order chi connectivity index (χ0) is 12.7. The minimum absolute atomic E-state index is 0.301. The smallest absolute Gasteiger partial charge is 0.333 e. The van der Waals surface area contributed by atoms with Crippen LogP contribution in [0.3, 0.4) is 0 Å². The average Bonchev–Trinajstić information content (AvgIpc) is 2.33. The largest absolute Gasteiger partial charge is 0.466 e. The lowest BCUT2D eigenvalue weighted by atomic mass is 10.3. The molecule has 0 atom stereocenters. The number of rotatable bonds is 5. The Labute approximate surface area is 101 Å². The van der Waals surface area contributed by atoms with Gasteiger partial charge in [-0.05, 0) is 19.9 Å². The predicted octanol–water partition coefficient (Wildman–Crippen LogP) is 0.994. The summed E-state index contributed by atoms with van der Waals surface area (Å²) in [5.41, 5.74) is 1.53. The van der Waals surface area contributed by atoms with Crippen LogP contribution in [0.25, 0.3) is 0 Å². The number of aromatic nitrogens is 2. The number of hydrogen-bond donors (Lipinski definition) is 1. The Bertz CT molecular complexity index is 416. The standard InChI is InChI=1S/C12H17N3O2/c1-9(12(16)17-3)4-6-13-8-11-5-7-14-10(2)15-11/h4-5,7,13H,6,8H2,1-3H3/b9-4+. The Morgan fingerprint density at radius 1 is 1.59 bits per heavy atom. The summed E-state index contributed by atoms with van der Waals surface area (Å²) in [6.07, 6.45) is 3.52. The van der Waals surface area contributed by atoms with Crippen molar-refractivity contribution in [1.82, 2.24) is 15.3 Å². The number of aryl methyl sites for hydroxylation is 1. The highest BCUT2D eigenvalue weighted by atomic mass is 16.5. The Hall–Kier alpha value is -1.75. The van der Waals surface area contributed by atoms with Gasteiger partial charge < -0.3 is 10.1 Å². The van der Waals surface area contributed by atoms with Gasteiger partial charge in [0.1, 0.15) is 5.82 Å². The molecule has 1 heterocycles. The van der Waals surface area contributed by atoms with Crippen molar-refractivity contribution in [3.8, 4) is 0 Å². The van der Waals surface area contributed by atoms with Crippen LogP contribution in [0.1, 0.15) is 18.4 Å². The van der Waals surface area contributed by atoms with Gasteiger partial charge in [-0.15, -0.1) is 0 Å². The van der Waals surface area contributed by atoms with E-state index in [9.17, 15) is 4.79 Å². The van der Waals surface area contributed by atoms with E-state index in [-0.39, 0.29) is 5.97 Å². The third-order valence-corrected chi connectivity index (χ3v) is 2.20. The maximum absolute atomic E-state index is 11.1. The van der Waals surface area contributed by atoms with Gasteiger partial charge in [-0.3, -0.25) is 0 Å². The lowest BCUT2D eigenvalue weighted by Crippen LogP contribution is -2.15.